The van der Waals surface area contributed by atoms with Crippen LogP contribution in [0.3, 0.4) is 0 Å². The molecule has 1 N–H and O–H groups in total. The van der Waals surface area contributed by atoms with E-state index in [-0.39, 0.29) is 12.5 Å². The van der Waals surface area contributed by atoms with Crippen LogP contribution in [0.4, 0.5) is 0 Å². The van der Waals surface area contributed by atoms with Crippen LogP contribution in [0.25, 0.3) is 0 Å². The molecule has 2 aromatic rings. The summed E-state index contributed by atoms with van der Waals surface area (Å²) < 4.78 is 16.8. The average molecular weight is 380 g/mol. The first kappa shape index (κ1) is 17.1. The van der Waals surface area contributed by atoms with Crippen LogP contribution in [-0.2, 0) is 11.3 Å². The van der Waals surface area contributed by atoms with E-state index in [0.717, 1.165) is 10.0 Å². The molecule has 0 bridgehead atoms. The zero-order valence-corrected chi connectivity index (χ0v) is 14.6. The van der Waals surface area contributed by atoms with Crippen molar-refractivity contribution in [2.75, 3.05) is 20.8 Å². The van der Waals surface area contributed by atoms with Gasteiger partial charge in [-0.3, -0.25) is 4.79 Å². The fraction of sp³-hybridized carbons (Fsp3) is 0.235. The Bertz CT molecular complexity index is 658. The molecule has 0 saturated heterocycles. The van der Waals surface area contributed by atoms with E-state index >= 15 is 0 Å². The van der Waals surface area contributed by atoms with Crippen LogP contribution in [0.15, 0.2) is 46.9 Å². The predicted molar refractivity (Wildman–Crippen MR) is 91.0 cm³/mol. The molecule has 0 fully saturated rings. The summed E-state index contributed by atoms with van der Waals surface area (Å²) in [5, 5.41) is 2.80. The first-order valence-electron chi connectivity index (χ1n) is 6.98. The Kier molecular flexibility index (Phi) is 6.29. The highest BCUT2D eigenvalue weighted by Crippen LogP contribution is 2.24. The van der Waals surface area contributed by atoms with E-state index in [2.05, 4.69) is 21.2 Å². The second-order valence-corrected chi connectivity index (χ2v) is 5.61. The van der Waals surface area contributed by atoms with E-state index in [1.807, 2.05) is 24.3 Å². The van der Waals surface area contributed by atoms with E-state index in [9.17, 15) is 4.79 Å². The van der Waals surface area contributed by atoms with Crippen molar-refractivity contribution in [3.05, 3.63) is 52.5 Å². The second kappa shape index (κ2) is 8.43. The minimum atomic E-state index is -0.203. The number of nitrogens with one attached hydrogen (secondary N) is 1. The summed E-state index contributed by atoms with van der Waals surface area (Å²) in [5.41, 5.74) is 0.866. The molecule has 0 saturated carbocycles. The number of hydrogen-bond acceptors (Lipinski definition) is 4. The second-order valence-electron chi connectivity index (χ2n) is 4.70. The number of amides is 1. The number of ether oxygens (including phenoxy) is 3. The van der Waals surface area contributed by atoms with Gasteiger partial charge in [-0.15, -0.1) is 0 Å². The maximum atomic E-state index is 11.9. The third-order valence-electron chi connectivity index (χ3n) is 3.15. The van der Waals surface area contributed by atoms with E-state index in [1.165, 1.54) is 0 Å². The van der Waals surface area contributed by atoms with E-state index in [0.29, 0.717) is 23.8 Å². The third-order valence-corrected chi connectivity index (χ3v) is 3.68. The molecule has 0 atom stereocenters. The molecule has 0 unspecified atom stereocenters. The summed E-state index contributed by atoms with van der Waals surface area (Å²) in [6.45, 7) is 0.315. The Morgan fingerprint density at radius 3 is 2.39 bits per heavy atom. The summed E-state index contributed by atoms with van der Waals surface area (Å²) in [4.78, 5) is 11.9. The molecule has 122 valence electrons. The van der Waals surface area contributed by atoms with Crippen molar-refractivity contribution in [3.8, 4) is 17.2 Å². The lowest BCUT2D eigenvalue weighted by molar-refractivity contribution is -0.123. The number of rotatable bonds is 7. The van der Waals surface area contributed by atoms with Crippen molar-refractivity contribution in [2.24, 2.45) is 0 Å². The Labute approximate surface area is 143 Å². The number of benzene rings is 2. The zero-order chi connectivity index (χ0) is 16.7. The van der Waals surface area contributed by atoms with Crippen LogP contribution >= 0.6 is 15.9 Å². The lowest BCUT2D eigenvalue weighted by atomic mass is 10.2. The average Bonchev–Trinajstić information content (AvgIpc) is 2.59. The molecule has 0 radical (unpaired) electrons. The Hall–Kier alpha value is -2.21. The maximum Gasteiger partial charge on any atom is 0.258 e. The van der Waals surface area contributed by atoms with Crippen molar-refractivity contribution < 1.29 is 19.0 Å². The molecule has 2 rings (SSSR count). The van der Waals surface area contributed by atoms with Crippen molar-refractivity contribution in [1.82, 2.24) is 5.32 Å². The van der Waals surface area contributed by atoms with Crippen molar-refractivity contribution in [2.45, 2.75) is 6.54 Å². The monoisotopic (exact) mass is 379 g/mol. The SMILES string of the molecule is COc1ccc(CNC(=O)COc2ccc(Br)cc2)c(OC)c1. The van der Waals surface area contributed by atoms with Gasteiger partial charge in [-0.25, -0.2) is 0 Å². The number of halogens is 1. The largest absolute Gasteiger partial charge is 0.497 e. The van der Waals surface area contributed by atoms with Crippen LogP contribution in [0.5, 0.6) is 17.2 Å². The zero-order valence-electron chi connectivity index (χ0n) is 13.0. The summed E-state index contributed by atoms with van der Waals surface area (Å²) in [5.74, 6) is 1.81. The van der Waals surface area contributed by atoms with E-state index < -0.39 is 0 Å². The van der Waals surface area contributed by atoms with Crippen molar-refractivity contribution in [1.29, 1.82) is 0 Å². The Morgan fingerprint density at radius 2 is 1.74 bits per heavy atom. The highest BCUT2D eigenvalue weighted by molar-refractivity contribution is 9.10. The number of carbonyl (C=O) groups excluding carboxylic acids is 1. The number of carbonyl (C=O) groups is 1. The molecule has 0 aliphatic heterocycles. The molecule has 1 amide bonds. The van der Waals surface area contributed by atoms with Gasteiger partial charge in [-0.05, 0) is 36.4 Å². The molecule has 2 aromatic carbocycles. The molecule has 0 spiro atoms. The molecule has 6 heteroatoms. The Balaban J connectivity index is 1.85. The fourth-order valence-electron chi connectivity index (χ4n) is 1.92. The van der Waals surface area contributed by atoms with Crippen LogP contribution in [0, 0.1) is 0 Å². The molecule has 0 aliphatic carbocycles. The molecule has 0 aromatic heterocycles. The number of methoxy groups -OCH3 is 2. The van der Waals surface area contributed by atoms with Gasteiger partial charge in [0.25, 0.3) is 5.91 Å². The van der Waals surface area contributed by atoms with Gasteiger partial charge in [0, 0.05) is 22.6 Å². The van der Waals surface area contributed by atoms with Crippen LogP contribution in [0.1, 0.15) is 5.56 Å². The summed E-state index contributed by atoms with van der Waals surface area (Å²) in [7, 11) is 3.17. The first-order chi connectivity index (χ1) is 11.1. The van der Waals surface area contributed by atoms with Crippen LogP contribution in [-0.4, -0.2) is 26.7 Å². The van der Waals surface area contributed by atoms with Gasteiger partial charge in [0.2, 0.25) is 0 Å². The van der Waals surface area contributed by atoms with Gasteiger partial charge < -0.3 is 19.5 Å². The highest BCUT2D eigenvalue weighted by Gasteiger charge is 2.08. The summed E-state index contributed by atoms with van der Waals surface area (Å²) in [6.07, 6.45) is 0. The normalized spacial score (nSPS) is 10.0. The molecule has 5 nitrogen and oxygen atoms in total. The maximum absolute atomic E-state index is 11.9. The van der Waals surface area contributed by atoms with E-state index in [1.54, 1.807) is 32.4 Å². The molecule has 23 heavy (non-hydrogen) atoms. The van der Waals surface area contributed by atoms with Crippen molar-refractivity contribution in [3.63, 3.8) is 0 Å². The van der Waals surface area contributed by atoms with Crippen LogP contribution < -0.4 is 19.5 Å². The van der Waals surface area contributed by atoms with Gasteiger partial charge in [0.05, 0.1) is 14.2 Å². The van der Waals surface area contributed by atoms with Gasteiger partial charge in [0.15, 0.2) is 6.61 Å². The standard InChI is InChI=1S/C17H18BrNO4/c1-21-15-6-3-12(16(9-15)22-2)10-19-17(20)11-23-14-7-4-13(18)5-8-14/h3-9H,10-11H2,1-2H3,(H,19,20). The number of hydrogen-bond donors (Lipinski definition) is 1. The molecule has 0 heterocycles. The van der Waals surface area contributed by atoms with Crippen molar-refractivity contribution >= 4 is 21.8 Å². The molecule has 0 aliphatic rings. The molecular formula is C17H18BrNO4. The minimum absolute atomic E-state index is 0.0416. The predicted octanol–water partition coefficient (Wildman–Crippen LogP) is 3.16. The third kappa shape index (κ3) is 5.17. The minimum Gasteiger partial charge on any atom is -0.497 e. The quantitative estimate of drug-likeness (QED) is 0.802. The Morgan fingerprint density at radius 1 is 1.04 bits per heavy atom. The topological polar surface area (TPSA) is 56.8 Å². The van der Waals surface area contributed by atoms with Gasteiger partial charge in [0.1, 0.15) is 17.2 Å². The lowest BCUT2D eigenvalue weighted by Gasteiger charge is -2.12. The van der Waals surface area contributed by atoms with Gasteiger partial charge in [-0.1, -0.05) is 15.9 Å². The van der Waals surface area contributed by atoms with Gasteiger partial charge in [-0.2, -0.15) is 0 Å². The van der Waals surface area contributed by atoms with E-state index in [4.69, 9.17) is 14.2 Å². The van der Waals surface area contributed by atoms with Crippen LogP contribution in [0.2, 0.25) is 0 Å². The first-order valence-corrected chi connectivity index (χ1v) is 7.77. The molecular weight excluding hydrogens is 362 g/mol. The summed E-state index contributed by atoms with van der Waals surface area (Å²) >= 11 is 3.34. The summed E-state index contributed by atoms with van der Waals surface area (Å²) in [6, 6.07) is 12.8. The lowest BCUT2D eigenvalue weighted by Crippen LogP contribution is -2.28. The smallest absolute Gasteiger partial charge is 0.258 e. The fourth-order valence-corrected chi connectivity index (χ4v) is 2.19. The van der Waals surface area contributed by atoms with Gasteiger partial charge >= 0.3 is 0 Å². The highest BCUT2D eigenvalue weighted by atomic mass is 79.9.